The Balaban J connectivity index is 1.56. The fraction of sp³-hybridized carbons (Fsp3) is 0.158. The van der Waals surface area contributed by atoms with Gasteiger partial charge < -0.3 is 14.5 Å². The number of ether oxygens (including phenoxy) is 1. The number of nitrogens with zero attached hydrogens (tertiary/aromatic N) is 2. The Bertz CT molecular complexity index is 1030. The van der Waals surface area contributed by atoms with Gasteiger partial charge in [0.2, 0.25) is 5.91 Å². The molecule has 0 saturated heterocycles. The molecule has 3 aromatic rings. The number of carbonyl (C=O) groups excluding carboxylic acids is 2. The van der Waals surface area contributed by atoms with Gasteiger partial charge in [0.1, 0.15) is 23.3 Å². The number of nitriles is 1. The van der Waals surface area contributed by atoms with Crippen molar-refractivity contribution in [2.45, 2.75) is 13.5 Å². The zero-order valence-corrected chi connectivity index (χ0v) is 15.7. The molecule has 0 unspecified atom stereocenters. The minimum Gasteiger partial charge on any atom is -0.482 e. The molecule has 8 nitrogen and oxygen atoms in total. The number of hydrogen-bond donors (Lipinski definition) is 2. The molecule has 0 saturated carbocycles. The maximum absolute atomic E-state index is 12.1. The van der Waals surface area contributed by atoms with Gasteiger partial charge in [-0.05, 0) is 24.3 Å². The van der Waals surface area contributed by atoms with Crippen LogP contribution in [0, 0.1) is 11.3 Å². The summed E-state index contributed by atoms with van der Waals surface area (Å²) in [6.45, 7) is 1.49. The van der Waals surface area contributed by atoms with Crippen LogP contribution in [0.4, 0.5) is 5.13 Å². The Kier molecular flexibility index (Phi) is 6.04. The van der Waals surface area contributed by atoms with E-state index in [1.54, 1.807) is 41.8 Å². The van der Waals surface area contributed by atoms with Crippen LogP contribution in [0.3, 0.4) is 0 Å². The summed E-state index contributed by atoms with van der Waals surface area (Å²) in [7, 11) is 0. The van der Waals surface area contributed by atoms with Gasteiger partial charge in [-0.1, -0.05) is 12.1 Å². The van der Waals surface area contributed by atoms with Crippen molar-refractivity contribution in [3.8, 4) is 23.3 Å². The molecule has 0 aliphatic heterocycles. The Hall–Kier alpha value is -3.64. The second-order valence-electron chi connectivity index (χ2n) is 5.66. The van der Waals surface area contributed by atoms with Crippen LogP contribution in [0.25, 0.3) is 11.5 Å². The summed E-state index contributed by atoms with van der Waals surface area (Å²) >= 11 is 1.25. The molecule has 3 rings (SSSR count). The molecule has 0 aliphatic carbocycles. The van der Waals surface area contributed by atoms with Gasteiger partial charge in [-0.25, -0.2) is 4.98 Å². The van der Waals surface area contributed by atoms with E-state index in [-0.39, 0.29) is 18.4 Å². The first kappa shape index (κ1) is 19.1. The van der Waals surface area contributed by atoms with Crippen LogP contribution in [-0.4, -0.2) is 23.4 Å². The summed E-state index contributed by atoms with van der Waals surface area (Å²) in [5.74, 6) is 0.961. The van der Waals surface area contributed by atoms with Gasteiger partial charge in [-0.15, -0.1) is 11.3 Å². The number of aromatic nitrogens is 1. The number of thiazole rings is 1. The lowest BCUT2D eigenvalue weighted by Gasteiger charge is -2.06. The third kappa shape index (κ3) is 4.96. The number of hydrogen-bond acceptors (Lipinski definition) is 7. The summed E-state index contributed by atoms with van der Waals surface area (Å²) in [6.07, 6.45) is 0. The zero-order valence-electron chi connectivity index (χ0n) is 14.9. The molecule has 28 heavy (non-hydrogen) atoms. The topological polar surface area (TPSA) is 117 Å². The molecular weight excluding hydrogens is 380 g/mol. The summed E-state index contributed by atoms with van der Waals surface area (Å²) in [6, 6.07) is 12.2. The van der Waals surface area contributed by atoms with Gasteiger partial charge in [0.15, 0.2) is 17.5 Å². The highest BCUT2D eigenvalue weighted by molar-refractivity contribution is 7.14. The molecule has 2 aromatic heterocycles. The smallest absolute Gasteiger partial charge is 0.264 e. The number of anilines is 1. The van der Waals surface area contributed by atoms with Crippen LogP contribution < -0.4 is 15.4 Å². The fourth-order valence-electron chi connectivity index (χ4n) is 2.25. The maximum Gasteiger partial charge on any atom is 0.264 e. The molecule has 0 atom stereocenters. The Morgan fingerprint density at radius 2 is 2.11 bits per heavy atom. The quantitative estimate of drug-likeness (QED) is 0.634. The second-order valence-corrected chi connectivity index (χ2v) is 6.52. The second kappa shape index (κ2) is 8.83. The number of nitrogens with one attached hydrogen (secondary N) is 2. The van der Waals surface area contributed by atoms with E-state index in [4.69, 9.17) is 14.4 Å². The molecule has 0 radical (unpaired) electrons. The lowest BCUT2D eigenvalue weighted by atomic mass is 10.2. The number of para-hydroxylation sites is 1. The lowest BCUT2D eigenvalue weighted by Crippen LogP contribution is -2.20. The lowest BCUT2D eigenvalue weighted by molar-refractivity contribution is -0.119. The van der Waals surface area contributed by atoms with Gasteiger partial charge in [0, 0.05) is 12.3 Å². The number of amides is 2. The summed E-state index contributed by atoms with van der Waals surface area (Å²) in [5.41, 5.74) is 0.935. The first-order chi connectivity index (χ1) is 13.5. The third-order valence-electron chi connectivity index (χ3n) is 3.54. The number of benzene rings is 1. The molecular formula is C19H16N4O4S. The van der Waals surface area contributed by atoms with Gasteiger partial charge >= 0.3 is 0 Å². The molecule has 0 spiro atoms. The van der Waals surface area contributed by atoms with Crippen molar-refractivity contribution in [3.05, 3.63) is 53.1 Å². The predicted molar refractivity (Wildman–Crippen MR) is 103 cm³/mol. The molecule has 142 valence electrons. The van der Waals surface area contributed by atoms with Gasteiger partial charge in [0.05, 0.1) is 12.1 Å². The van der Waals surface area contributed by atoms with E-state index >= 15 is 0 Å². The summed E-state index contributed by atoms with van der Waals surface area (Å²) in [4.78, 5) is 27.3. The Morgan fingerprint density at radius 3 is 2.89 bits per heavy atom. The number of furan rings is 1. The number of carbonyl (C=O) groups is 2. The SMILES string of the molecule is CC(=O)NCc1ccc(-c2csc(NC(=O)COc3ccccc3C#N)n2)o1. The zero-order chi connectivity index (χ0) is 19.9. The summed E-state index contributed by atoms with van der Waals surface area (Å²) in [5, 5.41) is 16.5. The molecule has 0 bridgehead atoms. The number of rotatable bonds is 7. The molecule has 9 heteroatoms. The highest BCUT2D eigenvalue weighted by Gasteiger charge is 2.12. The van der Waals surface area contributed by atoms with E-state index in [0.717, 1.165) is 0 Å². The van der Waals surface area contributed by atoms with E-state index in [2.05, 4.69) is 15.6 Å². The first-order valence-electron chi connectivity index (χ1n) is 8.26. The minimum absolute atomic E-state index is 0.142. The van der Waals surface area contributed by atoms with Crippen LogP contribution in [0.2, 0.25) is 0 Å². The first-order valence-corrected chi connectivity index (χ1v) is 9.14. The average molecular weight is 396 g/mol. The Morgan fingerprint density at radius 1 is 1.29 bits per heavy atom. The fourth-order valence-corrected chi connectivity index (χ4v) is 2.97. The van der Waals surface area contributed by atoms with Crippen LogP contribution in [0.15, 0.2) is 46.2 Å². The highest BCUT2D eigenvalue weighted by atomic mass is 32.1. The third-order valence-corrected chi connectivity index (χ3v) is 4.30. The molecule has 0 fully saturated rings. The Labute approximate surface area is 164 Å². The van der Waals surface area contributed by atoms with Crippen molar-refractivity contribution in [1.29, 1.82) is 5.26 Å². The van der Waals surface area contributed by atoms with Crippen molar-refractivity contribution < 1.29 is 18.7 Å². The van der Waals surface area contributed by atoms with Gasteiger partial charge in [-0.2, -0.15) is 5.26 Å². The van der Waals surface area contributed by atoms with Crippen molar-refractivity contribution in [1.82, 2.24) is 10.3 Å². The van der Waals surface area contributed by atoms with Gasteiger partial charge in [-0.3, -0.25) is 14.9 Å². The van der Waals surface area contributed by atoms with Crippen LogP contribution in [0.1, 0.15) is 18.2 Å². The molecule has 1 aromatic carbocycles. The van der Waals surface area contributed by atoms with E-state index in [1.165, 1.54) is 18.3 Å². The van der Waals surface area contributed by atoms with Crippen molar-refractivity contribution in [2.75, 3.05) is 11.9 Å². The molecule has 2 amide bonds. The minimum atomic E-state index is -0.389. The van der Waals surface area contributed by atoms with E-state index < -0.39 is 0 Å². The summed E-state index contributed by atoms with van der Waals surface area (Å²) < 4.78 is 11.0. The van der Waals surface area contributed by atoms with Crippen molar-refractivity contribution >= 4 is 28.3 Å². The molecule has 2 heterocycles. The maximum atomic E-state index is 12.1. The average Bonchev–Trinajstić information content (AvgIpc) is 3.34. The van der Waals surface area contributed by atoms with Crippen molar-refractivity contribution in [2.24, 2.45) is 0 Å². The van der Waals surface area contributed by atoms with Crippen LogP contribution in [0.5, 0.6) is 5.75 Å². The van der Waals surface area contributed by atoms with E-state index in [9.17, 15) is 9.59 Å². The van der Waals surface area contributed by atoms with Crippen LogP contribution in [-0.2, 0) is 16.1 Å². The highest BCUT2D eigenvalue weighted by Crippen LogP contribution is 2.26. The van der Waals surface area contributed by atoms with Crippen LogP contribution >= 0.6 is 11.3 Å². The normalized spacial score (nSPS) is 10.1. The van der Waals surface area contributed by atoms with E-state index in [1.807, 2.05) is 6.07 Å². The predicted octanol–water partition coefficient (Wildman–Crippen LogP) is 2.93. The monoisotopic (exact) mass is 396 g/mol. The molecule has 2 N–H and O–H groups in total. The van der Waals surface area contributed by atoms with E-state index in [0.29, 0.717) is 40.2 Å². The van der Waals surface area contributed by atoms with Crippen molar-refractivity contribution in [3.63, 3.8) is 0 Å². The largest absolute Gasteiger partial charge is 0.482 e. The van der Waals surface area contributed by atoms with Gasteiger partial charge in [0.25, 0.3) is 5.91 Å². The molecule has 0 aliphatic rings. The standard InChI is InChI=1S/C19H16N4O4S/c1-12(24)21-9-14-6-7-17(27-14)15-11-28-19(22-15)23-18(25)10-26-16-5-3-2-4-13(16)8-20/h2-7,11H,9-10H2,1H3,(H,21,24)(H,22,23,25).